The number of carbonyl (C=O) groups is 2. The molecule has 2 aromatic heterocycles. The summed E-state index contributed by atoms with van der Waals surface area (Å²) in [7, 11) is 0. The average molecular weight is 450 g/mol. The first-order chi connectivity index (χ1) is 14.8. The molecule has 0 atom stereocenters. The predicted molar refractivity (Wildman–Crippen MR) is 110 cm³/mol. The van der Waals surface area contributed by atoms with E-state index in [1.165, 1.54) is 12.1 Å². The minimum atomic E-state index is -4.71. The van der Waals surface area contributed by atoms with Crippen molar-refractivity contribution >= 4 is 28.5 Å². The van der Waals surface area contributed by atoms with E-state index >= 15 is 0 Å². The van der Waals surface area contributed by atoms with Crippen LogP contribution in [0.5, 0.6) is 0 Å². The van der Waals surface area contributed by atoms with Gasteiger partial charge in [0, 0.05) is 23.3 Å². The summed E-state index contributed by atoms with van der Waals surface area (Å²) in [6, 6.07) is 5.62. The number of anilines is 1. The van der Waals surface area contributed by atoms with Gasteiger partial charge in [-0.15, -0.1) is 0 Å². The van der Waals surface area contributed by atoms with Crippen LogP contribution in [0.2, 0.25) is 0 Å². The van der Waals surface area contributed by atoms with Crippen LogP contribution in [0, 0.1) is 6.92 Å². The van der Waals surface area contributed by atoms with Crippen LogP contribution in [0.25, 0.3) is 10.9 Å². The molecule has 1 aromatic carbocycles. The molecule has 0 bridgehead atoms. The minimum absolute atomic E-state index is 0.0734. The standard InChI is InChI=1S/C21H21F3N4O4/c1-11-13-9-12(25-18(29)15-5-4-6-16(26-15)21(22,23)24)10-14(19(30)31)17(13)27-28(11)8-7-20(2,3)32/h4-6,9-10,32H,7-8H2,1-3H3,(H,25,29)(H,30,31). The fourth-order valence-corrected chi connectivity index (χ4v) is 3.10. The first-order valence-electron chi connectivity index (χ1n) is 9.59. The quantitative estimate of drug-likeness (QED) is 0.525. The Labute approximate surface area is 180 Å². The molecular formula is C21H21F3N4O4. The third kappa shape index (κ3) is 5.05. The van der Waals surface area contributed by atoms with Gasteiger partial charge < -0.3 is 15.5 Å². The summed E-state index contributed by atoms with van der Waals surface area (Å²) in [6.07, 6.45) is -4.34. The highest BCUT2D eigenvalue weighted by Gasteiger charge is 2.33. The van der Waals surface area contributed by atoms with E-state index in [2.05, 4.69) is 15.4 Å². The number of fused-ring (bicyclic) bond motifs is 1. The van der Waals surface area contributed by atoms with Gasteiger partial charge in [-0.05, 0) is 51.5 Å². The van der Waals surface area contributed by atoms with E-state index in [-0.39, 0.29) is 16.8 Å². The maximum Gasteiger partial charge on any atom is 0.433 e. The third-order valence-electron chi connectivity index (χ3n) is 4.80. The fourth-order valence-electron chi connectivity index (χ4n) is 3.10. The number of aromatic nitrogens is 3. The Morgan fingerprint density at radius 1 is 1.19 bits per heavy atom. The number of aryl methyl sites for hydroxylation is 2. The van der Waals surface area contributed by atoms with Crippen LogP contribution in [0.15, 0.2) is 30.3 Å². The highest BCUT2D eigenvalue weighted by Crippen LogP contribution is 2.29. The Hall–Kier alpha value is -3.47. The number of nitrogens with one attached hydrogen (secondary N) is 1. The number of carbonyl (C=O) groups excluding carboxylic acids is 1. The number of aliphatic hydroxyl groups is 1. The number of amides is 1. The second-order valence-electron chi connectivity index (χ2n) is 7.96. The first kappa shape index (κ1) is 23.2. The lowest BCUT2D eigenvalue weighted by Gasteiger charge is -2.17. The highest BCUT2D eigenvalue weighted by atomic mass is 19.4. The summed E-state index contributed by atoms with van der Waals surface area (Å²) >= 11 is 0. The zero-order valence-electron chi connectivity index (χ0n) is 17.5. The molecule has 32 heavy (non-hydrogen) atoms. The van der Waals surface area contributed by atoms with Gasteiger partial charge in [-0.1, -0.05) is 6.07 Å². The summed E-state index contributed by atoms with van der Waals surface area (Å²) < 4.78 is 40.2. The minimum Gasteiger partial charge on any atom is -0.478 e. The number of halogens is 3. The van der Waals surface area contributed by atoms with Crippen molar-refractivity contribution in [3.63, 3.8) is 0 Å². The van der Waals surface area contributed by atoms with Gasteiger partial charge in [-0.3, -0.25) is 9.48 Å². The normalized spacial score (nSPS) is 12.2. The molecule has 0 radical (unpaired) electrons. The van der Waals surface area contributed by atoms with Gasteiger partial charge in [-0.25, -0.2) is 9.78 Å². The van der Waals surface area contributed by atoms with Crippen LogP contribution in [0.4, 0.5) is 18.9 Å². The van der Waals surface area contributed by atoms with E-state index < -0.39 is 35.0 Å². The van der Waals surface area contributed by atoms with E-state index in [0.29, 0.717) is 24.0 Å². The van der Waals surface area contributed by atoms with Crippen molar-refractivity contribution in [1.82, 2.24) is 14.8 Å². The molecule has 0 spiro atoms. The zero-order valence-corrected chi connectivity index (χ0v) is 17.5. The number of hydrogen-bond acceptors (Lipinski definition) is 5. The number of alkyl halides is 3. The van der Waals surface area contributed by atoms with E-state index in [1.807, 2.05) is 0 Å². The molecule has 0 unspecified atom stereocenters. The van der Waals surface area contributed by atoms with Crippen LogP contribution >= 0.6 is 0 Å². The summed E-state index contributed by atoms with van der Waals surface area (Å²) in [5.74, 6) is -2.20. The van der Waals surface area contributed by atoms with Crippen LogP contribution < -0.4 is 5.32 Å². The Balaban J connectivity index is 1.98. The summed E-state index contributed by atoms with van der Waals surface area (Å²) in [6.45, 7) is 5.33. The van der Waals surface area contributed by atoms with Gasteiger partial charge in [0.1, 0.15) is 16.9 Å². The number of nitrogens with zero attached hydrogens (tertiary/aromatic N) is 3. The van der Waals surface area contributed by atoms with Gasteiger partial charge in [0.2, 0.25) is 0 Å². The number of hydrogen-bond donors (Lipinski definition) is 3. The third-order valence-corrected chi connectivity index (χ3v) is 4.80. The van der Waals surface area contributed by atoms with Crippen molar-refractivity contribution < 1.29 is 33.0 Å². The lowest BCUT2D eigenvalue weighted by molar-refractivity contribution is -0.141. The molecule has 3 N–H and O–H groups in total. The lowest BCUT2D eigenvalue weighted by atomic mass is 10.1. The molecule has 3 aromatic rings. The van der Waals surface area contributed by atoms with Gasteiger partial charge in [-0.2, -0.15) is 18.3 Å². The van der Waals surface area contributed by atoms with Crippen LogP contribution in [-0.4, -0.2) is 42.5 Å². The first-order valence-corrected chi connectivity index (χ1v) is 9.59. The van der Waals surface area contributed by atoms with Gasteiger partial charge in [0.25, 0.3) is 5.91 Å². The second kappa shape index (κ2) is 8.23. The van der Waals surface area contributed by atoms with Gasteiger partial charge in [0.05, 0.1) is 11.2 Å². The Kier molecular flexibility index (Phi) is 5.96. The molecule has 0 saturated heterocycles. The predicted octanol–water partition coefficient (Wildman–Crippen LogP) is 3.87. The number of aromatic carboxylic acids is 1. The molecule has 1 amide bonds. The van der Waals surface area contributed by atoms with Crippen molar-refractivity contribution in [1.29, 1.82) is 0 Å². The van der Waals surface area contributed by atoms with E-state index in [4.69, 9.17) is 0 Å². The van der Waals surface area contributed by atoms with E-state index in [1.54, 1.807) is 25.5 Å². The summed E-state index contributed by atoms with van der Waals surface area (Å²) in [5, 5.41) is 26.7. The van der Waals surface area contributed by atoms with Crippen LogP contribution in [0.1, 0.15) is 52.5 Å². The fraction of sp³-hybridized carbons (Fsp3) is 0.333. The highest BCUT2D eigenvalue weighted by molar-refractivity contribution is 6.08. The molecule has 8 nitrogen and oxygen atoms in total. The van der Waals surface area contributed by atoms with Crippen molar-refractivity contribution in [2.24, 2.45) is 0 Å². The molecular weight excluding hydrogens is 429 g/mol. The molecule has 0 fully saturated rings. The average Bonchev–Trinajstić information content (AvgIpc) is 3.00. The van der Waals surface area contributed by atoms with E-state index in [0.717, 1.165) is 18.2 Å². The summed E-state index contributed by atoms with van der Waals surface area (Å²) in [4.78, 5) is 27.6. The number of benzene rings is 1. The monoisotopic (exact) mass is 450 g/mol. The number of carboxylic acid groups (broad SMARTS) is 1. The zero-order chi connectivity index (χ0) is 23.8. The molecule has 0 aliphatic heterocycles. The maximum absolute atomic E-state index is 12.9. The van der Waals surface area contributed by atoms with Crippen LogP contribution in [-0.2, 0) is 12.7 Å². The number of carboxylic acids is 1. The van der Waals surface area contributed by atoms with E-state index in [9.17, 15) is 33.0 Å². The Morgan fingerprint density at radius 2 is 1.88 bits per heavy atom. The maximum atomic E-state index is 12.9. The molecule has 11 heteroatoms. The number of rotatable bonds is 6. The Bertz CT molecular complexity index is 1200. The second-order valence-corrected chi connectivity index (χ2v) is 7.96. The summed E-state index contributed by atoms with van der Waals surface area (Å²) in [5.41, 5.74) is -1.92. The van der Waals surface area contributed by atoms with Gasteiger partial charge >= 0.3 is 12.1 Å². The van der Waals surface area contributed by atoms with Crippen molar-refractivity contribution in [2.75, 3.05) is 5.32 Å². The Morgan fingerprint density at radius 3 is 2.47 bits per heavy atom. The SMILES string of the molecule is Cc1c2cc(NC(=O)c3cccc(C(F)(F)F)n3)cc(C(=O)O)c2nn1CCC(C)(C)O. The van der Waals surface area contributed by atoms with Crippen LogP contribution in [0.3, 0.4) is 0 Å². The van der Waals surface area contributed by atoms with Crippen molar-refractivity contribution in [3.05, 3.63) is 53.0 Å². The van der Waals surface area contributed by atoms with Crippen molar-refractivity contribution in [2.45, 2.75) is 45.5 Å². The molecule has 3 rings (SSSR count). The molecule has 2 heterocycles. The van der Waals surface area contributed by atoms with Gasteiger partial charge in [0.15, 0.2) is 0 Å². The topological polar surface area (TPSA) is 117 Å². The largest absolute Gasteiger partial charge is 0.478 e. The molecule has 0 saturated carbocycles. The lowest BCUT2D eigenvalue weighted by Crippen LogP contribution is -2.21. The van der Waals surface area contributed by atoms with Crippen molar-refractivity contribution in [3.8, 4) is 0 Å². The molecule has 0 aliphatic carbocycles. The molecule has 0 aliphatic rings. The molecule has 170 valence electrons. The smallest absolute Gasteiger partial charge is 0.433 e. The number of pyridine rings is 1.